The molecule has 2 saturated heterocycles. The van der Waals surface area contributed by atoms with Crippen LogP contribution in [0.3, 0.4) is 0 Å². The number of rotatable bonds is 5. The molecule has 0 saturated carbocycles. The Morgan fingerprint density at radius 3 is 2.30 bits per heavy atom. The average Bonchev–Trinajstić information content (AvgIpc) is 3.15. The Hall–Kier alpha value is -1.51. The van der Waals surface area contributed by atoms with Crippen molar-refractivity contribution in [2.45, 2.75) is 57.9 Å². The molecule has 0 spiro atoms. The Morgan fingerprint density at radius 2 is 1.80 bits per heavy atom. The molecule has 168 valence electrons. The maximum absolute atomic E-state index is 12.5. The second-order valence-corrected chi connectivity index (χ2v) is 8.69. The molecule has 0 unspecified atom stereocenters. The first kappa shape index (κ1) is 24.8. The molecule has 0 bridgehead atoms. The van der Waals surface area contributed by atoms with Gasteiger partial charge >= 0.3 is 12.1 Å². The van der Waals surface area contributed by atoms with Gasteiger partial charge in [0, 0.05) is 47.2 Å². The summed E-state index contributed by atoms with van der Waals surface area (Å²) in [5, 5.41) is 8.41. The maximum Gasteiger partial charge on any atom is 0.490 e. The number of carboxylic acid groups (broad SMARTS) is 1. The highest BCUT2D eigenvalue weighted by Gasteiger charge is 2.46. The van der Waals surface area contributed by atoms with E-state index in [1.807, 2.05) is 23.1 Å². The number of halogens is 5. The summed E-state index contributed by atoms with van der Waals surface area (Å²) in [7, 11) is 0. The van der Waals surface area contributed by atoms with Crippen LogP contribution >= 0.6 is 23.2 Å². The summed E-state index contributed by atoms with van der Waals surface area (Å²) in [5.74, 6) is -1.83. The van der Waals surface area contributed by atoms with Crippen molar-refractivity contribution in [1.29, 1.82) is 0 Å². The van der Waals surface area contributed by atoms with Crippen molar-refractivity contribution < 1.29 is 27.9 Å². The molecule has 0 radical (unpaired) electrons. The summed E-state index contributed by atoms with van der Waals surface area (Å²) >= 11 is 12.6. The van der Waals surface area contributed by atoms with E-state index >= 15 is 0 Å². The molecule has 1 N–H and O–H groups in total. The van der Waals surface area contributed by atoms with E-state index in [2.05, 4.69) is 18.7 Å². The zero-order valence-electron chi connectivity index (χ0n) is 16.8. The van der Waals surface area contributed by atoms with Gasteiger partial charge in [0.25, 0.3) is 0 Å². The minimum Gasteiger partial charge on any atom is -0.475 e. The molecule has 10 heteroatoms. The van der Waals surface area contributed by atoms with Crippen LogP contribution in [0.25, 0.3) is 0 Å². The number of benzene rings is 1. The van der Waals surface area contributed by atoms with Crippen molar-refractivity contribution in [2.75, 3.05) is 13.1 Å². The van der Waals surface area contributed by atoms with Gasteiger partial charge in [0.2, 0.25) is 5.91 Å². The first-order valence-corrected chi connectivity index (χ1v) is 10.4. The van der Waals surface area contributed by atoms with Gasteiger partial charge < -0.3 is 10.0 Å². The predicted molar refractivity (Wildman–Crippen MR) is 109 cm³/mol. The minimum atomic E-state index is -5.08. The fourth-order valence-electron chi connectivity index (χ4n) is 3.77. The Morgan fingerprint density at radius 1 is 1.23 bits per heavy atom. The van der Waals surface area contributed by atoms with Crippen LogP contribution in [-0.4, -0.2) is 58.1 Å². The number of carboxylic acids is 1. The van der Waals surface area contributed by atoms with Crippen molar-refractivity contribution in [3.05, 3.63) is 33.8 Å². The number of aliphatic carboxylic acids is 1. The number of likely N-dealkylation sites (tertiary alicyclic amines) is 2. The molecule has 5 nitrogen and oxygen atoms in total. The van der Waals surface area contributed by atoms with Crippen LogP contribution in [0.5, 0.6) is 0 Å². The second-order valence-electron chi connectivity index (χ2n) is 7.87. The third-order valence-corrected chi connectivity index (χ3v) is 6.06. The van der Waals surface area contributed by atoms with Crippen LogP contribution in [-0.2, 0) is 16.1 Å². The van der Waals surface area contributed by atoms with E-state index in [1.165, 1.54) is 6.42 Å². The fourth-order valence-corrected chi connectivity index (χ4v) is 4.29. The largest absolute Gasteiger partial charge is 0.490 e. The Balaban J connectivity index is 0.000000396. The van der Waals surface area contributed by atoms with E-state index in [1.54, 1.807) is 0 Å². The molecular weight excluding hydrogens is 444 g/mol. The Kier molecular flexibility index (Phi) is 8.42. The third kappa shape index (κ3) is 6.25. The number of hydrogen-bond donors (Lipinski definition) is 1. The van der Waals surface area contributed by atoms with Crippen molar-refractivity contribution in [1.82, 2.24) is 9.80 Å². The molecule has 2 atom stereocenters. The molecule has 0 aromatic heterocycles. The lowest BCUT2D eigenvalue weighted by Crippen LogP contribution is -2.37. The van der Waals surface area contributed by atoms with Crippen LogP contribution in [0.1, 0.15) is 38.7 Å². The van der Waals surface area contributed by atoms with Crippen LogP contribution in [0.15, 0.2) is 18.2 Å². The zero-order chi connectivity index (χ0) is 22.6. The van der Waals surface area contributed by atoms with E-state index in [0.29, 0.717) is 41.0 Å². The fraction of sp³-hybridized carbons (Fsp3) is 0.600. The standard InChI is InChI=1S/C18H24Cl2N2O.C2HF3O2/c1-12(2)6-8-21-9-7-16-17(21)10-18(23)22(16)11-13-14(19)4-3-5-15(13)20;3-2(4,5)1(6)7/h3-5,12,16-17H,6-11H2,1-2H3;(H,6,7)/t16-,17-;/m0./s1. The summed E-state index contributed by atoms with van der Waals surface area (Å²) < 4.78 is 31.7. The smallest absolute Gasteiger partial charge is 0.475 e. The topological polar surface area (TPSA) is 60.9 Å². The molecule has 2 fully saturated rings. The number of fused-ring (bicyclic) bond motifs is 1. The number of amides is 1. The maximum atomic E-state index is 12.5. The highest BCUT2D eigenvalue weighted by Crippen LogP contribution is 2.36. The molecular formula is C20H25Cl2F3N2O3. The van der Waals surface area contributed by atoms with Gasteiger partial charge in [0.1, 0.15) is 0 Å². The Labute approximate surface area is 183 Å². The molecule has 1 aromatic rings. The lowest BCUT2D eigenvalue weighted by atomic mass is 10.1. The number of alkyl halides is 3. The van der Waals surface area contributed by atoms with Gasteiger partial charge in [-0.2, -0.15) is 13.2 Å². The van der Waals surface area contributed by atoms with E-state index in [9.17, 15) is 18.0 Å². The van der Waals surface area contributed by atoms with E-state index in [0.717, 1.165) is 25.1 Å². The van der Waals surface area contributed by atoms with Crippen LogP contribution in [0.4, 0.5) is 13.2 Å². The van der Waals surface area contributed by atoms with E-state index in [-0.39, 0.29) is 5.91 Å². The number of carbonyl (C=O) groups excluding carboxylic acids is 1. The molecule has 3 rings (SSSR count). The number of carbonyl (C=O) groups is 2. The normalized spacial score (nSPS) is 21.6. The van der Waals surface area contributed by atoms with E-state index < -0.39 is 12.1 Å². The molecule has 1 aromatic carbocycles. The highest BCUT2D eigenvalue weighted by atomic mass is 35.5. The highest BCUT2D eigenvalue weighted by molar-refractivity contribution is 6.36. The zero-order valence-corrected chi connectivity index (χ0v) is 18.3. The number of hydrogen-bond acceptors (Lipinski definition) is 3. The first-order chi connectivity index (χ1) is 13.9. The van der Waals surface area contributed by atoms with Gasteiger partial charge in [-0.05, 0) is 37.4 Å². The molecule has 2 aliphatic rings. The van der Waals surface area contributed by atoms with Gasteiger partial charge in [-0.15, -0.1) is 0 Å². The minimum absolute atomic E-state index is 0.227. The van der Waals surface area contributed by atoms with Crippen LogP contribution in [0.2, 0.25) is 10.0 Å². The van der Waals surface area contributed by atoms with Crippen molar-refractivity contribution >= 4 is 35.1 Å². The SMILES string of the molecule is CC(C)CCN1CC[C@H]2[C@@H]1CC(=O)N2Cc1c(Cl)cccc1Cl.O=C(O)C(F)(F)F. The summed E-state index contributed by atoms with van der Waals surface area (Å²) in [6.07, 6.45) is -2.21. The first-order valence-electron chi connectivity index (χ1n) is 9.68. The summed E-state index contributed by atoms with van der Waals surface area (Å²) in [6.45, 7) is 7.20. The number of nitrogens with zero attached hydrogens (tertiary/aromatic N) is 2. The third-order valence-electron chi connectivity index (χ3n) is 5.36. The van der Waals surface area contributed by atoms with Gasteiger partial charge in [-0.1, -0.05) is 43.1 Å². The molecule has 0 aliphatic carbocycles. The van der Waals surface area contributed by atoms with Crippen LogP contribution in [0, 0.1) is 5.92 Å². The van der Waals surface area contributed by atoms with Gasteiger partial charge in [-0.25, -0.2) is 4.79 Å². The molecule has 1 amide bonds. The quantitative estimate of drug-likeness (QED) is 0.670. The summed E-state index contributed by atoms with van der Waals surface area (Å²) in [5.41, 5.74) is 0.866. The average molecular weight is 469 g/mol. The lowest BCUT2D eigenvalue weighted by Gasteiger charge is -2.26. The summed E-state index contributed by atoms with van der Waals surface area (Å²) in [6, 6.07) is 6.19. The van der Waals surface area contributed by atoms with Crippen LogP contribution < -0.4 is 0 Å². The molecule has 30 heavy (non-hydrogen) atoms. The second kappa shape index (κ2) is 10.2. The van der Waals surface area contributed by atoms with Gasteiger partial charge in [0.15, 0.2) is 0 Å². The van der Waals surface area contributed by atoms with Gasteiger partial charge in [0.05, 0.1) is 0 Å². The van der Waals surface area contributed by atoms with Gasteiger partial charge in [-0.3, -0.25) is 9.69 Å². The monoisotopic (exact) mass is 468 g/mol. The summed E-state index contributed by atoms with van der Waals surface area (Å²) in [4.78, 5) is 25.9. The van der Waals surface area contributed by atoms with Crippen molar-refractivity contribution in [3.63, 3.8) is 0 Å². The van der Waals surface area contributed by atoms with Crippen molar-refractivity contribution in [2.24, 2.45) is 5.92 Å². The lowest BCUT2D eigenvalue weighted by molar-refractivity contribution is -0.192. The van der Waals surface area contributed by atoms with E-state index in [4.69, 9.17) is 33.1 Å². The van der Waals surface area contributed by atoms with Crippen molar-refractivity contribution in [3.8, 4) is 0 Å². The molecule has 2 heterocycles. The Bertz CT molecular complexity index is 754. The predicted octanol–water partition coefficient (Wildman–Crippen LogP) is 4.85. The molecule has 2 aliphatic heterocycles.